The summed E-state index contributed by atoms with van der Waals surface area (Å²) in [6.45, 7) is 6.40. The van der Waals surface area contributed by atoms with Crippen molar-refractivity contribution < 1.29 is 28.6 Å². The number of carbonyl (C=O) groups is 3. The molecule has 80 heavy (non-hydrogen) atoms. The molecule has 0 rings (SSSR count). The third-order valence-electron chi connectivity index (χ3n) is 13.9. The molecule has 0 N–H and O–H groups in total. The number of hydrogen-bond acceptors (Lipinski definition) is 6. The van der Waals surface area contributed by atoms with E-state index in [9.17, 15) is 14.4 Å². The van der Waals surface area contributed by atoms with Gasteiger partial charge >= 0.3 is 17.9 Å². The third-order valence-corrected chi connectivity index (χ3v) is 13.9. The van der Waals surface area contributed by atoms with E-state index in [1.807, 2.05) is 0 Å². The molecule has 0 aliphatic heterocycles. The average molecular weight is 1110 g/mol. The van der Waals surface area contributed by atoms with E-state index in [1.54, 1.807) is 0 Å². The fourth-order valence-corrected chi connectivity index (χ4v) is 8.96. The maximum Gasteiger partial charge on any atom is 0.306 e. The van der Waals surface area contributed by atoms with Gasteiger partial charge < -0.3 is 14.2 Å². The van der Waals surface area contributed by atoms with Crippen molar-refractivity contribution in [3.63, 3.8) is 0 Å². The Balaban J connectivity index is 4.38. The molecule has 0 saturated heterocycles. The van der Waals surface area contributed by atoms with Crippen molar-refractivity contribution in [3.05, 3.63) is 134 Å². The zero-order valence-corrected chi connectivity index (χ0v) is 52.0. The van der Waals surface area contributed by atoms with Crippen LogP contribution in [-0.4, -0.2) is 37.2 Å². The van der Waals surface area contributed by atoms with Gasteiger partial charge in [0.2, 0.25) is 0 Å². The van der Waals surface area contributed by atoms with E-state index in [2.05, 4.69) is 154 Å². The van der Waals surface area contributed by atoms with Gasteiger partial charge in [-0.2, -0.15) is 0 Å². The number of allylic oxidation sites excluding steroid dienone is 22. The van der Waals surface area contributed by atoms with Gasteiger partial charge in [0.1, 0.15) is 13.2 Å². The van der Waals surface area contributed by atoms with Gasteiger partial charge in [-0.05, 0) is 135 Å². The number of hydrogen-bond donors (Lipinski definition) is 0. The summed E-state index contributed by atoms with van der Waals surface area (Å²) in [6, 6.07) is 0. The van der Waals surface area contributed by atoms with Crippen LogP contribution >= 0.6 is 0 Å². The Bertz CT molecular complexity index is 1700. The highest BCUT2D eigenvalue weighted by Gasteiger charge is 2.19. The smallest absolute Gasteiger partial charge is 0.306 e. The topological polar surface area (TPSA) is 78.9 Å². The van der Waals surface area contributed by atoms with Crippen molar-refractivity contribution in [3.8, 4) is 0 Å². The highest BCUT2D eigenvalue weighted by Crippen LogP contribution is 2.15. The SMILES string of the molecule is CC/C=C\C/C=C\C/C=C\C/C=C\C/C=C\C/C=C\C/C=C\CCCCCCCCCC(=O)OCC(COC(=O)CCCCCCC/C=C\C/C=C\C/C=C\CC)OC(=O)CCCCCCCCC/C=C\CCCCCCCCC. The Kier molecular flexibility index (Phi) is 63.3. The summed E-state index contributed by atoms with van der Waals surface area (Å²) in [6.07, 6.45) is 94.6. The van der Waals surface area contributed by atoms with E-state index in [1.165, 1.54) is 109 Å². The molecule has 0 aromatic carbocycles. The van der Waals surface area contributed by atoms with Crippen LogP contribution in [0.1, 0.15) is 297 Å². The van der Waals surface area contributed by atoms with Gasteiger partial charge in [-0.3, -0.25) is 14.4 Å². The highest BCUT2D eigenvalue weighted by molar-refractivity contribution is 5.71. The Hall–Kier alpha value is -4.45. The van der Waals surface area contributed by atoms with Crippen LogP contribution in [0.4, 0.5) is 0 Å². The molecule has 0 saturated carbocycles. The minimum Gasteiger partial charge on any atom is -0.462 e. The van der Waals surface area contributed by atoms with E-state index in [4.69, 9.17) is 14.2 Å². The molecule has 0 heterocycles. The largest absolute Gasteiger partial charge is 0.462 e. The van der Waals surface area contributed by atoms with E-state index in [-0.39, 0.29) is 31.1 Å². The van der Waals surface area contributed by atoms with Crippen LogP contribution in [0, 0.1) is 0 Å². The normalized spacial score (nSPS) is 13.0. The molecule has 0 bridgehead atoms. The zero-order valence-electron chi connectivity index (χ0n) is 52.0. The Morgan fingerprint density at radius 3 is 0.775 bits per heavy atom. The van der Waals surface area contributed by atoms with Gasteiger partial charge in [-0.15, -0.1) is 0 Å². The second-order valence-electron chi connectivity index (χ2n) is 21.6. The fraction of sp³-hybridized carbons (Fsp3) is 0.662. The maximum absolute atomic E-state index is 12.9. The van der Waals surface area contributed by atoms with Gasteiger partial charge in [-0.1, -0.05) is 276 Å². The molecule has 6 nitrogen and oxygen atoms in total. The van der Waals surface area contributed by atoms with Crippen molar-refractivity contribution in [2.45, 2.75) is 303 Å². The summed E-state index contributed by atoms with van der Waals surface area (Å²) in [5, 5.41) is 0. The lowest BCUT2D eigenvalue weighted by Crippen LogP contribution is -2.30. The number of rotatable bonds is 59. The van der Waals surface area contributed by atoms with E-state index in [0.717, 1.165) is 148 Å². The summed E-state index contributed by atoms with van der Waals surface area (Å²) < 4.78 is 16.9. The molecule has 1 unspecified atom stereocenters. The first-order valence-corrected chi connectivity index (χ1v) is 33.2. The summed E-state index contributed by atoms with van der Waals surface area (Å²) in [4.78, 5) is 38.4. The Morgan fingerprint density at radius 2 is 0.487 bits per heavy atom. The molecular weight excluding hydrogens is 985 g/mol. The second kappa shape index (κ2) is 67.1. The van der Waals surface area contributed by atoms with Crippen LogP contribution in [-0.2, 0) is 28.6 Å². The monoisotopic (exact) mass is 1110 g/mol. The summed E-state index contributed by atoms with van der Waals surface area (Å²) in [7, 11) is 0. The van der Waals surface area contributed by atoms with E-state index in [0.29, 0.717) is 19.3 Å². The lowest BCUT2D eigenvalue weighted by Gasteiger charge is -2.18. The predicted molar refractivity (Wildman–Crippen MR) is 348 cm³/mol. The number of esters is 3. The molecule has 1 atom stereocenters. The average Bonchev–Trinajstić information content (AvgIpc) is 3.46. The van der Waals surface area contributed by atoms with Gasteiger partial charge in [0.15, 0.2) is 6.10 Å². The maximum atomic E-state index is 12.9. The van der Waals surface area contributed by atoms with E-state index < -0.39 is 6.10 Å². The van der Waals surface area contributed by atoms with Crippen LogP contribution in [0.3, 0.4) is 0 Å². The number of ether oxygens (including phenoxy) is 3. The lowest BCUT2D eigenvalue weighted by atomic mass is 10.1. The van der Waals surface area contributed by atoms with Crippen molar-refractivity contribution in [1.82, 2.24) is 0 Å². The molecule has 0 aromatic heterocycles. The van der Waals surface area contributed by atoms with Gasteiger partial charge in [0.25, 0.3) is 0 Å². The Labute approximate surface area is 494 Å². The van der Waals surface area contributed by atoms with Crippen LogP contribution in [0.25, 0.3) is 0 Å². The van der Waals surface area contributed by atoms with Crippen molar-refractivity contribution in [2.75, 3.05) is 13.2 Å². The minimum absolute atomic E-state index is 0.0942. The second-order valence-corrected chi connectivity index (χ2v) is 21.6. The molecule has 0 aromatic rings. The fourth-order valence-electron chi connectivity index (χ4n) is 8.96. The third kappa shape index (κ3) is 64.4. The molecule has 0 radical (unpaired) electrons. The van der Waals surface area contributed by atoms with Gasteiger partial charge in [0, 0.05) is 19.3 Å². The van der Waals surface area contributed by atoms with Gasteiger partial charge in [0.05, 0.1) is 0 Å². The van der Waals surface area contributed by atoms with E-state index >= 15 is 0 Å². The molecule has 0 aliphatic rings. The zero-order chi connectivity index (χ0) is 57.8. The molecule has 0 aliphatic carbocycles. The first-order valence-electron chi connectivity index (χ1n) is 33.2. The molecule has 0 spiro atoms. The minimum atomic E-state index is -0.798. The Morgan fingerprint density at radius 1 is 0.263 bits per heavy atom. The van der Waals surface area contributed by atoms with Crippen molar-refractivity contribution in [1.29, 1.82) is 0 Å². The quantitative estimate of drug-likeness (QED) is 0.0261. The first-order chi connectivity index (χ1) is 39.5. The standard InChI is InChI=1S/C74H122O6/c1-4-7-10-13-16-19-22-25-28-30-32-33-34-35-36-37-38-39-40-41-42-44-46-49-52-55-58-61-64-67-73(76)79-70-71(69-78-72(75)66-63-60-57-54-51-48-45-27-24-21-18-15-12-9-6-3)80-74(77)68-65-62-59-56-53-50-47-43-31-29-26-23-20-17-14-11-8-5-2/h7,9-10,12,16,18-19,21,25,27-29,31-33,35-36,38-39,41-42,45,71H,4-6,8,11,13-15,17,20,22-24,26,30,34,37,40,43-44,46-70H2,1-3H3/b10-7-,12-9-,19-16-,21-18-,28-25-,31-29-,33-32-,36-35-,39-38-,42-41-,45-27-. The summed E-state index contributed by atoms with van der Waals surface area (Å²) in [5.74, 6) is -0.921. The number of unbranched alkanes of at least 4 members (excludes halogenated alkanes) is 26. The summed E-state index contributed by atoms with van der Waals surface area (Å²) >= 11 is 0. The van der Waals surface area contributed by atoms with Crippen LogP contribution in [0.15, 0.2) is 134 Å². The van der Waals surface area contributed by atoms with Gasteiger partial charge in [-0.25, -0.2) is 0 Å². The summed E-state index contributed by atoms with van der Waals surface area (Å²) in [5.41, 5.74) is 0. The first kappa shape index (κ1) is 75.5. The molecule has 0 fully saturated rings. The van der Waals surface area contributed by atoms with Crippen molar-refractivity contribution >= 4 is 17.9 Å². The number of carbonyl (C=O) groups excluding carboxylic acids is 3. The highest BCUT2D eigenvalue weighted by atomic mass is 16.6. The van der Waals surface area contributed by atoms with Crippen LogP contribution in [0.5, 0.6) is 0 Å². The van der Waals surface area contributed by atoms with Crippen LogP contribution in [0.2, 0.25) is 0 Å². The lowest BCUT2D eigenvalue weighted by molar-refractivity contribution is -0.167. The van der Waals surface area contributed by atoms with Crippen molar-refractivity contribution in [2.24, 2.45) is 0 Å². The predicted octanol–water partition coefficient (Wildman–Crippen LogP) is 22.9. The molecule has 454 valence electrons. The van der Waals surface area contributed by atoms with Crippen LogP contribution < -0.4 is 0 Å². The molecule has 6 heteroatoms. The molecule has 0 amide bonds. The molecular formula is C74H122O6.